The molecule has 4 saturated heterocycles. The zero-order valence-corrected chi connectivity index (χ0v) is 52.7. The van der Waals surface area contributed by atoms with Gasteiger partial charge in [0.1, 0.15) is 79.4 Å². The van der Waals surface area contributed by atoms with Crippen LogP contribution in [0.2, 0.25) is 0 Å². The van der Waals surface area contributed by atoms with E-state index >= 15 is 0 Å². The molecule has 90 heavy (non-hydrogen) atoms. The third-order valence-electron chi connectivity index (χ3n) is 24.6. The van der Waals surface area contributed by atoms with Gasteiger partial charge < -0.3 is 124 Å². The first-order valence-electron chi connectivity index (χ1n) is 31.9. The quantitative estimate of drug-likeness (QED) is 0.0484. The van der Waals surface area contributed by atoms with Gasteiger partial charge in [-0.15, -0.1) is 0 Å². The lowest BCUT2D eigenvalue weighted by atomic mass is 9.30. The van der Waals surface area contributed by atoms with Crippen molar-refractivity contribution in [3.63, 3.8) is 0 Å². The molecule has 0 aromatic carbocycles. The summed E-state index contributed by atoms with van der Waals surface area (Å²) in [5, 5.41) is 167. The molecule has 28 heteroatoms. The Labute approximate surface area is 522 Å². The predicted molar refractivity (Wildman–Crippen MR) is 302 cm³/mol. The van der Waals surface area contributed by atoms with Gasteiger partial charge in [0.2, 0.25) is 0 Å². The number of aliphatic carboxylic acids is 1. The average Bonchev–Trinajstić information content (AvgIpc) is 1.36. The Morgan fingerprint density at radius 2 is 1.24 bits per heavy atom. The lowest BCUT2D eigenvalue weighted by molar-refractivity contribution is -0.404. The van der Waals surface area contributed by atoms with Crippen LogP contribution in [0, 0.1) is 56.2 Å². The monoisotopic (exact) mass is 1290 g/mol. The Bertz CT molecular complexity index is 2640. The Morgan fingerprint density at radius 1 is 0.600 bits per heavy atom. The van der Waals surface area contributed by atoms with Crippen LogP contribution in [0.15, 0.2) is 11.6 Å². The van der Waals surface area contributed by atoms with Crippen molar-refractivity contribution in [1.82, 2.24) is 0 Å². The Balaban J connectivity index is 0.973. The molecule has 0 aromatic rings. The van der Waals surface area contributed by atoms with Gasteiger partial charge in [0.05, 0.1) is 42.0 Å². The number of hydrogen-bond donors (Lipinski definition) is 15. The van der Waals surface area contributed by atoms with Gasteiger partial charge in [-0.1, -0.05) is 61.5 Å². The SMILES string of the molecule is CC=C(C)C(=O)OC1C(OC(=O)CC)C23C(O)CC4(C)C5(C)CCC6C(C)(C)C(OC7OC(C(=O)O)C(O)C(OC8OC(CO)C(O)C(O)C8OC8OC(O)C(O)C(O)C8O)C7OC7CC(CO)C(O)C(O)C7O)CCC6(C)C5CCC4(OC2O)C3CC1(C)C. The van der Waals surface area contributed by atoms with Gasteiger partial charge >= 0.3 is 17.9 Å². The molecule has 0 amide bonds. The number of fused-ring (bicyclic) bond motifs is 4. The Morgan fingerprint density at radius 3 is 1.88 bits per heavy atom. The molecular weight excluding hydrogens is 1190 g/mol. The molecule has 10 rings (SSSR count). The largest absolute Gasteiger partial charge is 0.479 e. The average molecular weight is 1290 g/mol. The summed E-state index contributed by atoms with van der Waals surface area (Å²) < 4.78 is 62.8. The molecule has 10 fully saturated rings. The van der Waals surface area contributed by atoms with E-state index in [1.54, 1.807) is 26.8 Å². The van der Waals surface area contributed by atoms with Crippen LogP contribution in [-0.4, -0.2) is 261 Å². The summed E-state index contributed by atoms with van der Waals surface area (Å²) in [6.07, 6.45) is -39.0. The molecule has 2 bridgehead atoms. The molecule has 28 nitrogen and oxygen atoms in total. The van der Waals surface area contributed by atoms with E-state index in [1.807, 2.05) is 27.7 Å². The molecule has 4 aliphatic heterocycles. The van der Waals surface area contributed by atoms with E-state index in [9.17, 15) is 91.0 Å². The van der Waals surface area contributed by atoms with Crippen LogP contribution in [0.25, 0.3) is 0 Å². The molecule has 10 aliphatic rings. The first-order chi connectivity index (χ1) is 42.0. The van der Waals surface area contributed by atoms with Crippen LogP contribution < -0.4 is 0 Å². The predicted octanol–water partition coefficient (Wildman–Crippen LogP) is -1.90. The third kappa shape index (κ3) is 10.7. The lowest BCUT2D eigenvalue weighted by Crippen LogP contribution is -2.77. The summed E-state index contributed by atoms with van der Waals surface area (Å²) in [7, 11) is 0. The van der Waals surface area contributed by atoms with Crippen LogP contribution in [0.4, 0.5) is 0 Å². The molecule has 1 spiro atoms. The van der Waals surface area contributed by atoms with Gasteiger partial charge in [-0.3, -0.25) is 4.79 Å². The van der Waals surface area contributed by atoms with E-state index in [0.29, 0.717) is 50.5 Å². The fourth-order valence-electron chi connectivity index (χ4n) is 19.4. The second-order valence-corrected chi connectivity index (χ2v) is 29.6. The van der Waals surface area contributed by atoms with E-state index in [0.717, 1.165) is 0 Å². The summed E-state index contributed by atoms with van der Waals surface area (Å²) in [5.41, 5.74) is -5.87. The third-order valence-corrected chi connectivity index (χ3v) is 24.6. The van der Waals surface area contributed by atoms with Gasteiger partial charge in [-0.25, -0.2) is 9.59 Å². The smallest absolute Gasteiger partial charge is 0.335 e. The van der Waals surface area contributed by atoms with Crippen molar-refractivity contribution < 1.29 is 138 Å². The molecule has 6 saturated carbocycles. The molecule has 0 aromatic heterocycles. The fraction of sp³-hybridized carbons (Fsp3) is 0.919. The highest BCUT2D eigenvalue weighted by Crippen LogP contribution is 2.82. The van der Waals surface area contributed by atoms with E-state index < -0.39 is 228 Å². The fourth-order valence-corrected chi connectivity index (χ4v) is 19.4. The minimum atomic E-state index is -2.28. The maximum atomic E-state index is 13.6. The maximum Gasteiger partial charge on any atom is 0.335 e. The number of aliphatic hydroxyl groups excluding tert-OH is 14. The number of rotatable bonds is 15. The van der Waals surface area contributed by atoms with E-state index in [2.05, 4.69) is 20.8 Å². The topological polar surface area (TPSA) is 447 Å². The first kappa shape index (κ1) is 70.1. The molecule has 0 radical (unpaired) electrons. The normalized spacial score (nSPS) is 53.0. The van der Waals surface area contributed by atoms with Crippen molar-refractivity contribution in [3.8, 4) is 0 Å². The lowest BCUT2D eigenvalue weighted by Gasteiger charge is -2.75. The number of carbonyl (C=O) groups excluding carboxylic acids is 2. The number of carbonyl (C=O) groups is 3. The number of esters is 2. The van der Waals surface area contributed by atoms with Crippen molar-refractivity contribution in [2.75, 3.05) is 13.2 Å². The highest BCUT2D eigenvalue weighted by molar-refractivity contribution is 5.87. The molecule has 33 atom stereocenters. The second-order valence-electron chi connectivity index (χ2n) is 29.6. The molecule has 33 unspecified atom stereocenters. The molecule has 6 aliphatic carbocycles. The summed E-state index contributed by atoms with van der Waals surface area (Å²) in [6.45, 7) is 17.9. The molecule has 4 heterocycles. The summed E-state index contributed by atoms with van der Waals surface area (Å²) in [4.78, 5) is 40.4. The standard InChI is InChI=1S/C62H98O28/c1-11-24(3)50(78)88-47-48(84-33(66)12-2)62-30(20-56(47,4)5)61(90-55(62)80)18-14-29-58(8)16-15-32(57(6,7)28(58)13-17-59(29,9)60(61,10)21-31(62)65)83-54-46(81-26-19-25(22-63)34(67)37(70)35(26)68)43(42(75)44(86-54)49(76)77)85-53-45(39(72)36(69)27(23-64)82-53)87-52-41(74)38(71)40(73)51(79)89-52/h11,25-32,34-48,51-55,63-65,67-75,79-80H,12-23H2,1-10H3,(H,76,77). The summed E-state index contributed by atoms with van der Waals surface area (Å²) >= 11 is 0. The number of ether oxygens (including phenoxy) is 10. The number of carboxylic acid groups (broad SMARTS) is 1. The number of aliphatic hydroxyl groups is 14. The van der Waals surface area contributed by atoms with Crippen molar-refractivity contribution in [1.29, 1.82) is 0 Å². The van der Waals surface area contributed by atoms with Crippen LogP contribution in [0.5, 0.6) is 0 Å². The van der Waals surface area contributed by atoms with Crippen LogP contribution >= 0.6 is 0 Å². The number of allylic oxidation sites excluding steroid dienone is 1. The Kier molecular flexibility index (Phi) is 19.5. The van der Waals surface area contributed by atoms with E-state index in [1.165, 1.54) is 0 Å². The summed E-state index contributed by atoms with van der Waals surface area (Å²) in [5.74, 6) is -4.81. The number of hydrogen-bond acceptors (Lipinski definition) is 27. The minimum absolute atomic E-state index is 0.0181. The van der Waals surface area contributed by atoms with Crippen LogP contribution in [0.3, 0.4) is 0 Å². The van der Waals surface area contributed by atoms with Gasteiger partial charge in [0, 0.05) is 41.3 Å². The van der Waals surface area contributed by atoms with Gasteiger partial charge in [0.15, 0.2) is 43.7 Å². The van der Waals surface area contributed by atoms with Gasteiger partial charge in [0.25, 0.3) is 0 Å². The van der Waals surface area contributed by atoms with Crippen molar-refractivity contribution in [3.05, 3.63) is 11.6 Å². The van der Waals surface area contributed by atoms with Gasteiger partial charge in [-0.05, 0) is 99.7 Å². The molecule has 514 valence electrons. The molecule has 15 N–H and O–H groups in total. The maximum absolute atomic E-state index is 13.6. The Hall–Kier alpha value is -2.73. The van der Waals surface area contributed by atoms with Crippen LogP contribution in [0.1, 0.15) is 133 Å². The van der Waals surface area contributed by atoms with E-state index in [-0.39, 0.29) is 31.1 Å². The zero-order valence-electron chi connectivity index (χ0n) is 52.7. The molecular formula is C62H98O28. The van der Waals surface area contributed by atoms with Crippen molar-refractivity contribution in [2.24, 2.45) is 56.2 Å². The zero-order chi connectivity index (χ0) is 66.2. The highest BCUT2D eigenvalue weighted by Gasteiger charge is 2.86. The highest BCUT2D eigenvalue weighted by atomic mass is 16.8. The summed E-state index contributed by atoms with van der Waals surface area (Å²) in [6, 6.07) is 0. The van der Waals surface area contributed by atoms with Crippen LogP contribution in [-0.2, 0) is 61.8 Å². The second kappa shape index (κ2) is 25.0. The number of carboxylic acids is 1. The van der Waals surface area contributed by atoms with Gasteiger partial charge in [-0.2, -0.15) is 0 Å². The van der Waals surface area contributed by atoms with Crippen molar-refractivity contribution in [2.45, 2.75) is 286 Å². The van der Waals surface area contributed by atoms with Crippen molar-refractivity contribution >= 4 is 17.9 Å². The van der Waals surface area contributed by atoms with E-state index in [4.69, 9.17) is 47.4 Å². The first-order valence-corrected chi connectivity index (χ1v) is 31.9. The minimum Gasteiger partial charge on any atom is -0.479 e.